The lowest BCUT2D eigenvalue weighted by Crippen LogP contribution is -2.50. The summed E-state index contributed by atoms with van der Waals surface area (Å²) in [5.41, 5.74) is -1.90. The van der Waals surface area contributed by atoms with Gasteiger partial charge in [-0.3, -0.25) is 0 Å². The molecule has 1 saturated heterocycles. The van der Waals surface area contributed by atoms with Crippen LogP contribution < -0.4 is 4.90 Å². The molecule has 6 nitrogen and oxygen atoms in total. The molecule has 9 heteroatoms. The van der Waals surface area contributed by atoms with E-state index in [1.807, 2.05) is 0 Å². The highest BCUT2D eigenvalue weighted by Gasteiger charge is 2.33. The number of carboxylic acid groups (broad SMARTS) is 1. The lowest BCUT2D eigenvalue weighted by molar-refractivity contribution is -0.137. The molecule has 1 amide bonds. The third kappa shape index (κ3) is 5.03. The van der Waals surface area contributed by atoms with Crippen molar-refractivity contribution in [2.45, 2.75) is 32.5 Å². The van der Waals surface area contributed by atoms with Gasteiger partial charge >= 0.3 is 18.2 Å². The van der Waals surface area contributed by atoms with Crippen LogP contribution >= 0.6 is 0 Å². The van der Waals surface area contributed by atoms with Crippen molar-refractivity contribution in [2.24, 2.45) is 0 Å². The summed E-state index contributed by atoms with van der Waals surface area (Å²) in [6, 6.07) is 2.75. The molecule has 0 spiro atoms. The molecule has 0 radical (unpaired) electrons. The molecule has 0 bridgehead atoms. The molecule has 26 heavy (non-hydrogen) atoms. The van der Waals surface area contributed by atoms with Crippen molar-refractivity contribution in [1.29, 1.82) is 0 Å². The number of piperazine rings is 1. The fourth-order valence-electron chi connectivity index (χ4n) is 2.55. The normalized spacial score (nSPS) is 15.8. The second kappa shape index (κ2) is 7.05. The maximum absolute atomic E-state index is 13.0. The van der Waals surface area contributed by atoms with Gasteiger partial charge in [0.2, 0.25) is 0 Å². The van der Waals surface area contributed by atoms with Crippen LogP contribution in [0.4, 0.5) is 23.7 Å². The lowest BCUT2D eigenvalue weighted by atomic mass is 10.1. The molecule has 1 aromatic carbocycles. The van der Waals surface area contributed by atoms with Crippen molar-refractivity contribution >= 4 is 17.7 Å². The molecule has 1 aliphatic heterocycles. The Labute approximate surface area is 149 Å². The summed E-state index contributed by atoms with van der Waals surface area (Å²) in [5.74, 6) is -1.43. The molecule has 144 valence electrons. The van der Waals surface area contributed by atoms with Crippen molar-refractivity contribution < 1.29 is 32.6 Å². The fourth-order valence-corrected chi connectivity index (χ4v) is 2.55. The van der Waals surface area contributed by atoms with E-state index in [0.29, 0.717) is 6.07 Å². The van der Waals surface area contributed by atoms with E-state index in [-0.39, 0.29) is 31.9 Å². The van der Waals surface area contributed by atoms with Gasteiger partial charge in [0.15, 0.2) is 0 Å². The molecule has 0 saturated carbocycles. The van der Waals surface area contributed by atoms with Gasteiger partial charge < -0.3 is 19.6 Å². The molecular formula is C17H21F3N2O4. The predicted molar refractivity (Wildman–Crippen MR) is 88.4 cm³/mol. The minimum Gasteiger partial charge on any atom is -0.478 e. The van der Waals surface area contributed by atoms with Gasteiger partial charge in [-0.1, -0.05) is 0 Å². The second-order valence-electron chi connectivity index (χ2n) is 7.03. The Bertz CT molecular complexity index is 690. The van der Waals surface area contributed by atoms with Crippen molar-refractivity contribution in [1.82, 2.24) is 4.90 Å². The van der Waals surface area contributed by atoms with Gasteiger partial charge in [-0.05, 0) is 39.0 Å². The van der Waals surface area contributed by atoms with E-state index in [2.05, 4.69) is 0 Å². The van der Waals surface area contributed by atoms with Crippen LogP contribution in [0, 0.1) is 0 Å². The zero-order valence-electron chi connectivity index (χ0n) is 14.8. The maximum atomic E-state index is 13.0. The third-order valence-electron chi connectivity index (χ3n) is 3.79. The smallest absolute Gasteiger partial charge is 0.416 e. The summed E-state index contributed by atoms with van der Waals surface area (Å²) in [7, 11) is 0. The first-order valence-electron chi connectivity index (χ1n) is 8.05. The first-order chi connectivity index (χ1) is 11.9. The zero-order valence-corrected chi connectivity index (χ0v) is 14.8. The summed E-state index contributed by atoms with van der Waals surface area (Å²) in [5, 5.41) is 9.07. The van der Waals surface area contributed by atoms with Gasteiger partial charge in [-0.15, -0.1) is 0 Å². The molecule has 1 heterocycles. The summed E-state index contributed by atoms with van der Waals surface area (Å²) in [6.07, 6.45) is -5.12. The summed E-state index contributed by atoms with van der Waals surface area (Å²) >= 11 is 0. The average Bonchev–Trinajstić information content (AvgIpc) is 2.52. The van der Waals surface area contributed by atoms with Crippen LogP contribution in [0.2, 0.25) is 0 Å². The van der Waals surface area contributed by atoms with Crippen LogP contribution in [0.25, 0.3) is 0 Å². The average molecular weight is 374 g/mol. The predicted octanol–water partition coefficient (Wildman–Crippen LogP) is 3.46. The monoisotopic (exact) mass is 374 g/mol. The number of amides is 1. The number of hydrogen-bond donors (Lipinski definition) is 1. The Balaban J connectivity index is 2.15. The van der Waals surface area contributed by atoms with Gasteiger partial charge in [0.25, 0.3) is 0 Å². The first kappa shape index (κ1) is 19.9. The number of aromatic carboxylic acids is 1. The summed E-state index contributed by atoms with van der Waals surface area (Å²) < 4.78 is 44.3. The summed E-state index contributed by atoms with van der Waals surface area (Å²) in [6.45, 7) is 6.34. The van der Waals surface area contributed by atoms with Crippen LogP contribution in [0.15, 0.2) is 18.2 Å². The topological polar surface area (TPSA) is 70.1 Å². The SMILES string of the molecule is CC(C)(C)OC(=O)N1CCN(c2cc(C(=O)O)cc(C(F)(F)F)c2)CC1. The highest BCUT2D eigenvalue weighted by molar-refractivity contribution is 5.89. The third-order valence-corrected chi connectivity index (χ3v) is 3.79. The van der Waals surface area contributed by atoms with Gasteiger partial charge in [0, 0.05) is 31.9 Å². The largest absolute Gasteiger partial charge is 0.478 e. The number of benzene rings is 1. The molecule has 0 aliphatic carbocycles. The lowest BCUT2D eigenvalue weighted by Gasteiger charge is -2.37. The number of carbonyl (C=O) groups excluding carboxylic acids is 1. The van der Waals surface area contributed by atoms with E-state index in [4.69, 9.17) is 9.84 Å². The van der Waals surface area contributed by atoms with Gasteiger partial charge in [-0.2, -0.15) is 13.2 Å². The van der Waals surface area contributed by atoms with E-state index in [1.54, 1.807) is 25.7 Å². The minimum atomic E-state index is -4.64. The molecular weight excluding hydrogens is 353 g/mol. The van der Waals surface area contributed by atoms with E-state index in [9.17, 15) is 22.8 Å². The van der Waals surface area contributed by atoms with E-state index < -0.39 is 35.0 Å². The van der Waals surface area contributed by atoms with Crippen LogP contribution in [-0.2, 0) is 10.9 Å². The number of nitrogens with zero attached hydrogens (tertiary/aromatic N) is 2. The minimum absolute atomic E-state index is 0.168. The van der Waals surface area contributed by atoms with E-state index in [1.165, 1.54) is 11.0 Å². The quantitative estimate of drug-likeness (QED) is 0.859. The van der Waals surface area contributed by atoms with Crippen LogP contribution in [0.1, 0.15) is 36.7 Å². The highest BCUT2D eigenvalue weighted by Crippen LogP contribution is 2.33. The number of alkyl halides is 3. The molecule has 0 aromatic heterocycles. The molecule has 0 atom stereocenters. The van der Waals surface area contributed by atoms with Crippen LogP contribution in [0.5, 0.6) is 0 Å². The molecule has 1 fully saturated rings. The van der Waals surface area contributed by atoms with Crippen molar-refractivity contribution in [3.05, 3.63) is 29.3 Å². The number of rotatable bonds is 2. The number of hydrogen-bond acceptors (Lipinski definition) is 4. The zero-order chi connectivity index (χ0) is 19.7. The summed E-state index contributed by atoms with van der Waals surface area (Å²) in [4.78, 5) is 26.3. The van der Waals surface area contributed by atoms with E-state index >= 15 is 0 Å². The first-order valence-corrected chi connectivity index (χ1v) is 8.05. The Morgan fingerprint density at radius 1 is 1.04 bits per heavy atom. The van der Waals surface area contributed by atoms with Crippen molar-refractivity contribution in [2.75, 3.05) is 31.1 Å². The Morgan fingerprint density at radius 3 is 2.08 bits per heavy atom. The molecule has 1 aromatic rings. The number of anilines is 1. The Morgan fingerprint density at radius 2 is 1.62 bits per heavy atom. The number of ether oxygens (including phenoxy) is 1. The van der Waals surface area contributed by atoms with Gasteiger partial charge in [-0.25, -0.2) is 9.59 Å². The molecule has 0 unspecified atom stereocenters. The standard InChI is InChI=1S/C17H21F3N2O4/c1-16(2,3)26-15(25)22-6-4-21(5-7-22)13-9-11(14(23)24)8-12(10-13)17(18,19)20/h8-10H,4-7H2,1-3H3,(H,23,24). The number of halogens is 3. The molecule has 1 N–H and O–H groups in total. The van der Waals surface area contributed by atoms with Crippen LogP contribution in [0.3, 0.4) is 0 Å². The second-order valence-corrected chi connectivity index (χ2v) is 7.03. The van der Waals surface area contributed by atoms with Crippen molar-refractivity contribution in [3.8, 4) is 0 Å². The fraction of sp³-hybridized carbons (Fsp3) is 0.529. The highest BCUT2D eigenvalue weighted by atomic mass is 19.4. The Kier molecular flexibility index (Phi) is 5.39. The maximum Gasteiger partial charge on any atom is 0.416 e. The van der Waals surface area contributed by atoms with Crippen LogP contribution in [-0.4, -0.2) is 53.8 Å². The van der Waals surface area contributed by atoms with E-state index in [0.717, 1.165) is 6.07 Å². The van der Waals surface area contributed by atoms with Gasteiger partial charge in [0.05, 0.1) is 11.1 Å². The number of carboxylic acids is 1. The Hall–Kier alpha value is -2.45. The molecule has 1 aliphatic rings. The van der Waals surface area contributed by atoms with Gasteiger partial charge in [0.1, 0.15) is 5.60 Å². The number of carbonyl (C=O) groups is 2. The molecule has 2 rings (SSSR count). The van der Waals surface area contributed by atoms with Crippen molar-refractivity contribution in [3.63, 3.8) is 0 Å².